The summed E-state index contributed by atoms with van der Waals surface area (Å²) in [6, 6.07) is 22.6. The highest BCUT2D eigenvalue weighted by atomic mass is 15.3. The Morgan fingerprint density at radius 1 is 0.875 bits per heavy atom. The van der Waals surface area contributed by atoms with Crippen LogP contribution in [0.1, 0.15) is 12.5 Å². The van der Waals surface area contributed by atoms with E-state index in [4.69, 9.17) is 4.98 Å². The number of para-hydroxylation sites is 1. The predicted octanol–water partition coefficient (Wildman–Crippen LogP) is 4.27. The third-order valence-corrected chi connectivity index (χ3v) is 4.00. The first-order chi connectivity index (χ1) is 11.8. The van der Waals surface area contributed by atoms with Crippen LogP contribution in [0.5, 0.6) is 0 Å². The van der Waals surface area contributed by atoms with Crippen LogP contribution >= 0.6 is 0 Å². The molecule has 3 rings (SSSR count). The van der Waals surface area contributed by atoms with Gasteiger partial charge in [0, 0.05) is 32.0 Å². The molecule has 0 saturated heterocycles. The molecule has 0 radical (unpaired) electrons. The number of anilines is 3. The number of nitrogens with zero attached hydrogens (tertiary/aromatic N) is 4. The van der Waals surface area contributed by atoms with Crippen LogP contribution in [0.15, 0.2) is 72.9 Å². The van der Waals surface area contributed by atoms with Gasteiger partial charge in [0.25, 0.3) is 0 Å². The molecule has 0 saturated carbocycles. The highest BCUT2D eigenvalue weighted by molar-refractivity contribution is 5.59. The summed E-state index contributed by atoms with van der Waals surface area (Å²) >= 11 is 0. The average molecular weight is 318 g/mol. The number of rotatable bonds is 6. The second-order valence-electron chi connectivity index (χ2n) is 5.61. The predicted molar refractivity (Wildman–Crippen MR) is 99.7 cm³/mol. The first kappa shape index (κ1) is 16.0. The van der Waals surface area contributed by atoms with E-state index in [-0.39, 0.29) is 0 Å². The molecule has 0 aliphatic heterocycles. The van der Waals surface area contributed by atoms with E-state index >= 15 is 0 Å². The quantitative estimate of drug-likeness (QED) is 0.679. The molecule has 122 valence electrons. The van der Waals surface area contributed by atoms with Gasteiger partial charge in [-0.25, -0.2) is 4.98 Å². The van der Waals surface area contributed by atoms with Gasteiger partial charge in [-0.15, -0.1) is 0 Å². The van der Waals surface area contributed by atoms with Gasteiger partial charge in [0.1, 0.15) is 5.82 Å². The first-order valence-corrected chi connectivity index (χ1v) is 8.18. The fraction of sp³-hybridized carbons (Fsp3) is 0.200. The van der Waals surface area contributed by atoms with E-state index in [1.165, 1.54) is 5.56 Å². The second kappa shape index (κ2) is 7.59. The molecule has 0 bridgehead atoms. The fourth-order valence-corrected chi connectivity index (χ4v) is 2.59. The Bertz CT molecular complexity index is 759. The molecule has 0 amide bonds. The molecule has 1 heterocycles. The zero-order chi connectivity index (χ0) is 16.8. The molecule has 24 heavy (non-hydrogen) atoms. The Morgan fingerprint density at radius 3 is 2.21 bits per heavy atom. The van der Waals surface area contributed by atoms with Gasteiger partial charge in [0.2, 0.25) is 5.95 Å². The highest BCUT2D eigenvalue weighted by Crippen LogP contribution is 2.22. The molecule has 3 aromatic rings. The molecule has 0 aliphatic carbocycles. The molecule has 4 heteroatoms. The summed E-state index contributed by atoms with van der Waals surface area (Å²) in [5, 5.41) is 0. The van der Waals surface area contributed by atoms with E-state index in [2.05, 4.69) is 58.1 Å². The maximum atomic E-state index is 4.76. The second-order valence-corrected chi connectivity index (χ2v) is 5.61. The van der Waals surface area contributed by atoms with Crippen molar-refractivity contribution in [3.05, 3.63) is 78.5 Å². The third-order valence-electron chi connectivity index (χ3n) is 4.00. The maximum absolute atomic E-state index is 4.76. The van der Waals surface area contributed by atoms with Crippen molar-refractivity contribution in [2.24, 2.45) is 0 Å². The summed E-state index contributed by atoms with van der Waals surface area (Å²) < 4.78 is 0. The van der Waals surface area contributed by atoms with Crippen LogP contribution in [0.3, 0.4) is 0 Å². The normalized spacial score (nSPS) is 10.4. The smallest absolute Gasteiger partial charge is 0.227 e. The molecule has 0 unspecified atom stereocenters. The highest BCUT2D eigenvalue weighted by Gasteiger charge is 2.11. The van der Waals surface area contributed by atoms with Crippen molar-refractivity contribution < 1.29 is 0 Å². The van der Waals surface area contributed by atoms with Crippen molar-refractivity contribution in [1.82, 2.24) is 9.97 Å². The molecule has 1 aromatic heterocycles. The summed E-state index contributed by atoms with van der Waals surface area (Å²) in [7, 11) is 2.02. The molecular weight excluding hydrogens is 296 g/mol. The van der Waals surface area contributed by atoms with Gasteiger partial charge < -0.3 is 9.80 Å². The zero-order valence-electron chi connectivity index (χ0n) is 14.1. The van der Waals surface area contributed by atoms with Gasteiger partial charge >= 0.3 is 0 Å². The van der Waals surface area contributed by atoms with Crippen molar-refractivity contribution >= 4 is 17.5 Å². The zero-order valence-corrected chi connectivity index (χ0v) is 14.1. The van der Waals surface area contributed by atoms with Gasteiger partial charge in [0.05, 0.1) is 0 Å². The number of aromatic nitrogens is 2. The van der Waals surface area contributed by atoms with Gasteiger partial charge in [0.15, 0.2) is 0 Å². The standard InChI is InChI=1S/C20H22N4/c1-3-24(16-17-10-6-4-7-11-17)20-21-15-14-19(22-20)23(2)18-12-8-5-9-13-18/h4-15H,3,16H2,1-2H3. The van der Waals surface area contributed by atoms with Crippen LogP contribution in [-0.4, -0.2) is 23.6 Å². The molecule has 0 N–H and O–H groups in total. The third kappa shape index (κ3) is 3.71. The van der Waals surface area contributed by atoms with E-state index in [0.717, 1.165) is 30.5 Å². The van der Waals surface area contributed by atoms with E-state index < -0.39 is 0 Å². The molecule has 2 aromatic carbocycles. The van der Waals surface area contributed by atoms with Crippen LogP contribution in [0.2, 0.25) is 0 Å². The van der Waals surface area contributed by atoms with Crippen LogP contribution in [-0.2, 0) is 6.54 Å². The lowest BCUT2D eigenvalue weighted by Crippen LogP contribution is -2.25. The maximum Gasteiger partial charge on any atom is 0.227 e. The van der Waals surface area contributed by atoms with Crippen molar-refractivity contribution in [2.75, 3.05) is 23.4 Å². The first-order valence-electron chi connectivity index (χ1n) is 8.18. The summed E-state index contributed by atoms with van der Waals surface area (Å²) in [5.74, 6) is 1.64. The molecule has 0 atom stereocenters. The summed E-state index contributed by atoms with van der Waals surface area (Å²) in [6.45, 7) is 3.78. The van der Waals surface area contributed by atoms with Gasteiger partial charge in [-0.2, -0.15) is 4.98 Å². The molecule has 0 spiro atoms. The van der Waals surface area contributed by atoms with Gasteiger partial charge in [-0.05, 0) is 30.7 Å². The van der Waals surface area contributed by atoms with Crippen molar-refractivity contribution in [3.63, 3.8) is 0 Å². The minimum absolute atomic E-state index is 0.752. The number of benzene rings is 2. The minimum atomic E-state index is 0.752. The van der Waals surface area contributed by atoms with Gasteiger partial charge in [-0.3, -0.25) is 0 Å². The largest absolute Gasteiger partial charge is 0.337 e. The number of hydrogen-bond donors (Lipinski definition) is 0. The van der Waals surface area contributed by atoms with Crippen LogP contribution in [0.4, 0.5) is 17.5 Å². The van der Waals surface area contributed by atoms with Crippen LogP contribution < -0.4 is 9.80 Å². The Labute approximate surface area is 143 Å². The monoisotopic (exact) mass is 318 g/mol. The van der Waals surface area contributed by atoms with E-state index in [9.17, 15) is 0 Å². The molecule has 0 fully saturated rings. The van der Waals surface area contributed by atoms with Crippen LogP contribution in [0, 0.1) is 0 Å². The van der Waals surface area contributed by atoms with Crippen molar-refractivity contribution in [3.8, 4) is 0 Å². The van der Waals surface area contributed by atoms with E-state index in [1.54, 1.807) is 0 Å². The molecule has 0 aliphatic rings. The Hall–Kier alpha value is -2.88. The molecular formula is C20H22N4. The molecule has 4 nitrogen and oxygen atoms in total. The SMILES string of the molecule is CCN(Cc1ccccc1)c1nccc(N(C)c2ccccc2)n1. The summed E-state index contributed by atoms with van der Waals surface area (Å²) in [6.07, 6.45) is 1.82. The number of hydrogen-bond acceptors (Lipinski definition) is 4. The minimum Gasteiger partial charge on any atom is -0.337 e. The van der Waals surface area contributed by atoms with E-state index in [1.807, 2.05) is 43.6 Å². The Morgan fingerprint density at radius 2 is 1.54 bits per heavy atom. The van der Waals surface area contributed by atoms with Crippen LogP contribution in [0.25, 0.3) is 0 Å². The lowest BCUT2D eigenvalue weighted by molar-refractivity contribution is 0.790. The Kier molecular flexibility index (Phi) is 5.06. The lowest BCUT2D eigenvalue weighted by Gasteiger charge is -2.23. The Balaban J connectivity index is 1.83. The summed E-state index contributed by atoms with van der Waals surface area (Å²) in [4.78, 5) is 13.5. The van der Waals surface area contributed by atoms with Crippen molar-refractivity contribution in [1.29, 1.82) is 0 Å². The van der Waals surface area contributed by atoms with Gasteiger partial charge in [-0.1, -0.05) is 48.5 Å². The van der Waals surface area contributed by atoms with Crippen molar-refractivity contribution in [2.45, 2.75) is 13.5 Å². The summed E-state index contributed by atoms with van der Waals surface area (Å²) in [5.41, 5.74) is 2.36. The fourth-order valence-electron chi connectivity index (χ4n) is 2.59. The average Bonchev–Trinajstić information content (AvgIpc) is 2.67. The topological polar surface area (TPSA) is 32.3 Å². The lowest BCUT2D eigenvalue weighted by atomic mass is 10.2. The van der Waals surface area contributed by atoms with E-state index in [0.29, 0.717) is 0 Å².